The summed E-state index contributed by atoms with van der Waals surface area (Å²) in [6, 6.07) is 5.10. The molecule has 2 heterocycles. The average Bonchev–Trinajstić information content (AvgIpc) is 2.72. The van der Waals surface area contributed by atoms with Crippen LogP contribution in [0.5, 0.6) is 0 Å². The summed E-state index contributed by atoms with van der Waals surface area (Å²) in [7, 11) is 0. The van der Waals surface area contributed by atoms with Crippen molar-refractivity contribution in [2.24, 2.45) is 0 Å². The Morgan fingerprint density at radius 2 is 2.29 bits per heavy atom. The largest absolute Gasteiger partial charge is 0.363 e. The van der Waals surface area contributed by atoms with Gasteiger partial charge in [0.1, 0.15) is 0 Å². The summed E-state index contributed by atoms with van der Waals surface area (Å²) in [5, 5.41) is 7.12. The Morgan fingerprint density at radius 1 is 1.50 bits per heavy atom. The van der Waals surface area contributed by atoms with Crippen molar-refractivity contribution in [3.63, 3.8) is 0 Å². The third kappa shape index (κ3) is 2.28. The molecule has 1 aliphatic rings. The summed E-state index contributed by atoms with van der Waals surface area (Å²) in [5.41, 5.74) is 0. The smallest absolute Gasteiger partial charge is 0.0908 e. The fourth-order valence-electron chi connectivity index (χ4n) is 2.04. The third-order valence-electron chi connectivity index (χ3n) is 2.81. The highest BCUT2D eigenvalue weighted by atomic mass is 32.1. The van der Waals surface area contributed by atoms with Gasteiger partial charge in [0, 0.05) is 19.1 Å². The van der Waals surface area contributed by atoms with Crippen molar-refractivity contribution < 1.29 is 0 Å². The minimum Gasteiger partial charge on any atom is -0.363 e. The van der Waals surface area contributed by atoms with E-state index in [0.29, 0.717) is 0 Å². The number of piperidine rings is 1. The van der Waals surface area contributed by atoms with Crippen LogP contribution < -0.4 is 10.2 Å². The minimum atomic E-state index is 0.746. The van der Waals surface area contributed by atoms with Gasteiger partial charge in [-0.1, -0.05) is 6.92 Å². The molecule has 1 aliphatic heterocycles. The molecule has 0 unspecified atom stereocenters. The predicted octanol–water partition coefficient (Wildman–Crippen LogP) is 2.33. The van der Waals surface area contributed by atoms with Gasteiger partial charge in [0.2, 0.25) is 0 Å². The number of hydrogen-bond donors (Lipinski definition) is 1. The van der Waals surface area contributed by atoms with Crippen LogP contribution >= 0.6 is 11.3 Å². The van der Waals surface area contributed by atoms with Crippen LogP contribution in [-0.2, 0) is 0 Å². The van der Waals surface area contributed by atoms with Gasteiger partial charge in [-0.2, -0.15) is 0 Å². The highest BCUT2D eigenvalue weighted by molar-refractivity contribution is 7.14. The maximum Gasteiger partial charge on any atom is 0.0908 e. The van der Waals surface area contributed by atoms with E-state index in [4.69, 9.17) is 0 Å². The molecule has 1 aromatic heterocycles. The molecule has 1 N–H and O–H groups in total. The van der Waals surface area contributed by atoms with E-state index < -0.39 is 0 Å². The topological polar surface area (TPSA) is 15.3 Å². The number of rotatable bonds is 3. The highest BCUT2D eigenvalue weighted by Gasteiger charge is 2.18. The van der Waals surface area contributed by atoms with Gasteiger partial charge in [-0.3, -0.25) is 0 Å². The molecule has 0 saturated carbocycles. The van der Waals surface area contributed by atoms with Crippen LogP contribution in [-0.4, -0.2) is 25.7 Å². The van der Waals surface area contributed by atoms with Gasteiger partial charge in [-0.15, -0.1) is 11.3 Å². The summed E-state index contributed by atoms with van der Waals surface area (Å²) in [6.45, 7) is 5.70. The van der Waals surface area contributed by atoms with E-state index >= 15 is 0 Å². The van der Waals surface area contributed by atoms with Crippen LogP contribution in [0.15, 0.2) is 17.5 Å². The first-order chi connectivity index (χ1) is 6.90. The molecule has 2 nitrogen and oxygen atoms in total. The van der Waals surface area contributed by atoms with Gasteiger partial charge in [0.05, 0.1) is 5.00 Å². The second-order valence-electron chi connectivity index (χ2n) is 3.77. The molecule has 3 heteroatoms. The summed E-state index contributed by atoms with van der Waals surface area (Å²) in [5.74, 6) is 0. The fraction of sp³-hybridized carbons (Fsp3) is 0.636. The lowest BCUT2D eigenvalue weighted by Gasteiger charge is -2.32. The van der Waals surface area contributed by atoms with Crippen molar-refractivity contribution in [1.82, 2.24) is 5.32 Å². The molecule has 0 atom stereocenters. The molecular formula is C11H18N2S. The number of nitrogens with zero attached hydrogens (tertiary/aromatic N) is 1. The van der Waals surface area contributed by atoms with E-state index in [2.05, 4.69) is 34.7 Å². The fourth-order valence-corrected chi connectivity index (χ4v) is 2.83. The first kappa shape index (κ1) is 9.99. The van der Waals surface area contributed by atoms with E-state index in [1.165, 1.54) is 30.9 Å². The summed E-state index contributed by atoms with van der Waals surface area (Å²) >= 11 is 1.85. The first-order valence-electron chi connectivity index (χ1n) is 5.42. The second-order valence-corrected chi connectivity index (χ2v) is 4.70. The maximum absolute atomic E-state index is 3.53. The number of hydrogen-bond acceptors (Lipinski definition) is 3. The van der Waals surface area contributed by atoms with Crippen LogP contribution in [0.3, 0.4) is 0 Å². The van der Waals surface area contributed by atoms with E-state index in [9.17, 15) is 0 Å². The molecule has 0 spiro atoms. The Balaban J connectivity index is 1.84. The summed E-state index contributed by atoms with van der Waals surface area (Å²) in [4.78, 5) is 2.50. The van der Waals surface area contributed by atoms with Crippen molar-refractivity contribution in [3.05, 3.63) is 17.5 Å². The van der Waals surface area contributed by atoms with Gasteiger partial charge >= 0.3 is 0 Å². The number of anilines is 1. The highest BCUT2D eigenvalue weighted by Crippen LogP contribution is 2.24. The number of nitrogens with one attached hydrogen (secondary N) is 1. The zero-order valence-electron chi connectivity index (χ0n) is 8.70. The first-order valence-corrected chi connectivity index (χ1v) is 6.30. The van der Waals surface area contributed by atoms with E-state index in [-0.39, 0.29) is 0 Å². The van der Waals surface area contributed by atoms with Crippen LogP contribution in [0.25, 0.3) is 0 Å². The van der Waals surface area contributed by atoms with E-state index in [1.807, 2.05) is 11.3 Å². The molecule has 1 saturated heterocycles. The Morgan fingerprint density at radius 3 is 2.86 bits per heavy atom. The zero-order valence-corrected chi connectivity index (χ0v) is 9.52. The van der Waals surface area contributed by atoms with Gasteiger partial charge < -0.3 is 10.2 Å². The van der Waals surface area contributed by atoms with Gasteiger partial charge in [0.15, 0.2) is 0 Å². The molecule has 1 fully saturated rings. The summed E-state index contributed by atoms with van der Waals surface area (Å²) < 4.78 is 0. The Hall–Kier alpha value is -0.540. The molecular weight excluding hydrogens is 192 g/mol. The molecule has 0 aromatic carbocycles. The Bertz CT molecular complexity index is 250. The van der Waals surface area contributed by atoms with E-state index in [0.717, 1.165) is 12.6 Å². The quantitative estimate of drug-likeness (QED) is 0.823. The average molecular weight is 210 g/mol. The van der Waals surface area contributed by atoms with Gasteiger partial charge in [0.25, 0.3) is 0 Å². The third-order valence-corrected chi connectivity index (χ3v) is 3.73. The lowest BCUT2D eigenvalue weighted by molar-refractivity contribution is 0.425. The molecule has 0 amide bonds. The number of thiophene rings is 1. The lowest BCUT2D eigenvalue weighted by atomic mass is 10.1. The Labute approximate surface area is 89.9 Å². The van der Waals surface area contributed by atoms with E-state index in [1.54, 1.807) is 0 Å². The van der Waals surface area contributed by atoms with Crippen molar-refractivity contribution in [1.29, 1.82) is 0 Å². The summed E-state index contributed by atoms with van der Waals surface area (Å²) in [6.07, 6.45) is 2.57. The second kappa shape index (κ2) is 4.80. The molecule has 0 bridgehead atoms. The standard InChI is InChI=1S/C11H18N2S/c1-2-12-10-5-7-13(8-6-10)11-4-3-9-14-11/h3-4,9-10,12H,2,5-8H2,1H3. The maximum atomic E-state index is 3.53. The van der Waals surface area contributed by atoms with Crippen LogP contribution in [0.2, 0.25) is 0 Å². The van der Waals surface area contributed by atoms with Gasteiger partial charge in [-0.05, 0) is 36.9 Å². The molecule has 78 valence electrons. The van der Waals surface area contributed by atoms with Crippen molar-refractivity contribution >= 4 is 16.3 Å². The molecule has 0 aliphatic carbocycles. The van der Waals surface area contributed by atoms with Gasteiger partial charge in [-0.25, -0.2) is 0 Å². The van der Waals surface area contributed by atoms with Crippen LogP contribution in [0.1, 0.15) is 19.8 Å². The monoisotopic (exact) mass is 210 g/mol. The molecule has 2 rings (SSSR count). The zero-order chi connectivity index (χ0) is 9.80. The van der Waals surface area contributed by atoms with Crippen molar-refractivity contribution in [2.75, 3.05) is 24.5 Å². The molecule has 14 heavy (non-hydrogen) atoms. The Kier molecular flexibility index (Phi) is 3.43. The van der Waals surface area contributed by atoms with Crippen LogP contribution in [0.4, 0.5) is 5.00 Å². The lowest BCUT2D eigenvalue weighted by Crippen LogP contribution is -2.42. The van der Waals surface area contributed by atoms with Crippen LogP contribution in [0, 0.1) is 0 Å². The minimum absolute atomic E-state index is 0.746. The normalized spacial score (nSPS) is 18.8. The van der Waals surface area contributed by atoms with Crippen molar-refractivity contribution in [3.8, 4) is 0 Å². The van der Waals surface area contributed by atoms with Crippen molar-refractivity contribution in [2.45, 2.75) is 25.8 Å². The molecule has 1 aromatic rings. The molecule has 0 radical (unpaired) electrons. The SMILES string of the molecule is CCNC1CCN(c2cccs2)CC1. The predicted molar refractivity (Wildman–Crippen MR) is 63.2 cm³/mol.